The van der Waals surface area contributed by atoms with E-state index in [-0.39, 0.29) is 18.5 Å². The Bertz CT molecular complexity index is 864. The second-order valence-electron chi connectivity index (χ2n) is 7.81. The molecule has 1 spiro atoms. The van der Waals surface area contributed by atoms with E-state index in [1.54, 1.807) is 36.2 Å². The molecule has 3 aliphatic rings. The highest BCUT2D eigenvalue weighted by Gasteiger charge is 2.55. The smallest absolute Gasteiger partial charge is 0.327 e. The molecule has 0 aromatic heterocycles. The molecule has 0 atom stereocenters. The largest absolute Gasteiger partial charge is 0.336 e. The first kappa shape index (κ1) is 19.2. The minimum absolute atomic E-state index is 0.178. The van der Waals surface area contributed by atoms with Crippen molar-refractivity contribution in [3.05, 3.63) is 24.3 Å². The van der Waals surface area contributed by atoms with Crippen LogP contribution in [0, 0.1) is 0 Å². The van der Waals surface area contributed by atoms with Gasteiger partial charge in [0.1, 0.15) is 12.1 Å². The van der Waals surface area contributed by atoms with E-state index in [1.807, 2.05) is 0 Å². The monoisotopic (exact) mass is 399 g/mol. The predicted molar refractivity (Wildman–Crippen MR) is 107 cm³/mol. The molecule has 2 aliphatic heterocycles. The maximum absolute atomic E-state index is 13.0. The molecule has 2 saturated heterocycles. The summed E-state index contributed by atoms with van der Waals surface area (Å²) in [6.45, 7) is 0.809. The van der Waals surface area contributed by atoms with Gasteiger partial charge in [0.25, 0.3) is 5.91 Å². The summed E-state index contributed by atoms with van der Waals surface area (Å²) in [5, 5.41) is 5.46. The van der Waals surface area contributed by atoms with Crippen molar-refractivity contribution >= 4 is 35.3 Å². The molecule has 9 heteroatoms. The van der Waals surface area contributed by atoms with Crippen LogP contribution in [0.5, 0.6) is 0 Å². The fourth-order valence-electron chi connectivity index (χ4n) is 4.48. The third kappa shape index (κ3) is 3.30. The van der Waals surface area contributed by atoms with E-state index in [2.05, 4.69) is 10.6 Å². The van der Waals surface area contributed by atoms with Crippen LogP contribution in [0.1, 0.15) is 32.1 Å². The number of imide groups is 1. The van der Waals surface area contributed by atoms with Crippen LogP contribution in [0.3, 0.4) is 0 Å². The molecule has 0 unspecified atom stereocenters. The number of hydrogen-bond donors (Lipinski definition) is 2. The molecule has 1 saturated carbocycles. The topological polar surface area (TPSA) is 102 Å². The first-order valence-corrected chi connectivity index (χ1v) is 9.97. The van der Waals surface area contributed by atoms with Crippen molar-refractivity contribution in [3.8, 4) is 0 Å². The van der Waals surface area contributed by atoms with Gasteiger partial charge in [-0.2, -0.15) is 0 Å². The number of anilines is 2. The lowest BCUT2D eigenvalue weighted by Crippen LogP contribution is -2.49. The van der Waals surface area contributed by atoms with Gasteiger partial charge in [0.2, 0.25) is 5.91 Å². The van der Waals surface area contributed by atoms with Crippen molar-refractivity contribution in [2.75, 3.05) is 36.9 Å². The van der Waals surface area contributed by atoms with Crippen molar-refractivity contribution in [2.24, 2.45) is 0 Å². The van der Waals surface area contributed by atoms with Crippen molar-refractivity contribution in [2.45, 2.75) is 37.6 Å². The average molecular weight is 399 g/mol. The Kier molecular flexibility index (Phi) is 4.89. The van der Waals surface area contributed by atoms with E-state index in [9.17, 15) is 19.2 Å². The molecule has 154 valence electrons. The first-order valence-electron chi connectivity index (χ1n) is 9.97. The van der Waals surface area contributed by atoms with Crippen molar-refractivity contribution < 1.29 is 19.2 Å². The van der Waals surface area contributed by atoms with Crippen LogP contribution in [0.15, 0.2) is 24.3 Å². The minimum Gasteiger partial charge on any atom is -0.336 e. The van der Waals surface area contributed by atoms with Crippen LogP contribution in [0.4, 0.5) is 21.0 Å². The lowest BCUT2D eigenvalue weighted by Gasteiger charge is -2.35. The summed E-state index contributed by atoms with van der Waals surface area (Å²) < 4.78 is 0. The Morgan fingerprint density at radius 2 is 1.93 bits per heavy atom. The van der Waals surface area contributed by atoms with E-state index >= 15 is 0 Å². The van der Waals surface area contributed by atoms with E-state index in [1.165, 1.54) is 4.90 Å². The number of carbonyl (C=O) groups is 4. The Morgan fingerprint density at radius 1 is 1.17 bits per heavy atom. The zero-order chi connectivity index (χ0) is 20.6. The summed E-state index contributed by atoms with van der Waals surface area (Å²) >= 11 is 0. The molecule has 2 N–H and O–H groups in total. The molecule has 6 amide bonds. The maximum atomic E-state index is 13.0. The number of likely N-dealkylation sites (N-methyl/N-ethyl adjacent to an activating group) is 1. The zero-order valence-corrected chi connectivity index (χ0v) is 16.4. The highest BCUT2D eigenvalue weighted by atomic mass is 16.2. The van der Waals surface area contributed by atoms with Gasteiger partial charge in [-0.05, 0) is 31.0 Å². The van der Waals surface area contributed by atoms with Crippen molar-refractivity contribution in [3.63, 3.8) is 0 Å². The van der Waals surface area contributed by atoms with Crippen LogP contribution in [-0.4, -0.2) is 65.9 Å². The van der Waals surface area contributed by atoms with Gasteiger partial charge in [-0.1, -0.05) is 25.3 Å². The Morgan fingerprint density at radius 3 is 2.62 bits per heavy atom. The quantitative estimate of drug-likeness (QED) is 0.753. The van der Waals surface area contributed by atoms with E-state index in [0.717, 1.165) is 24.2 Å². The highest BCUT2D eigenvalue weighted by molar-refractivity contribution is 6.10. The van der Waals surface area contributed by atoms with Gasteiger partial charge in [0.05, 0.1) is 0 Å². The molecule has 1 aliphatic carbocycles. The third-order valence-corrected chi connectivity index (χ3v) is 6.08. The lowest BCUT2D eigenvalue weighted by atomic mass is 9.81. The molecule has 1 aromatic carbocycles. The normalized spacial score (nSPS) is 21.1. The Labute approximate surface area is 169 Å². The second-order valence-corrected chi connectivity index (χ2v) is 7.81. The van der Waals surface area contributed by atoms with Gasteiger partial charge in [0, 0.05) is 31.5 Å². The molecule has 3 fully saturated rings. The van der Waals surface area contributed by atoms with Crippen LogP contribution in [-0.2, 0) is 9.59 Å². The Balaban J connectivity index is 1.44. The van der Waals surface area contributed by atoms with Gasteiger partial charge < -0.3 is 15.5 Å². The molecular weight excluding hydrogens is 374 g/mol. The fourth-order valence-corrected chi connectivity index (χ4v) is 4.48. The minimum atomic E-state index is -0.793. The summed E-state index contributed by atoms with van der Waals surface area (Å²) in [5.41, 5.74) is 0.387. The second kappa shape index (κ2) is 7.38. The molecule has 0 bridgehead atoms. The number of urea groups is 2. The van der Waals surface area contributed by atoms with Gasteiger partial charge >= 0.3 is 12.1 Å². The summed E-state index contributed by atoms with van der Waals surface area (Å²) in [7, 11) is 1.65. The lowest BCUT2D eigenvalue weighted by molar-refractivity contribution is -0.136. The van der Waals surface area contributed by atoms with E-state index in [0.29, 0.717) is 37.3 Å². The number of carbonyl (C=O) groups excluding carboxylic acids is 4. The fraction of sp³-hybridized carbons (Fsp3) is 0.500. The molecule has 2 heterocycles. The highest BCUT2D eigenvalue weighted by Crippen LogP contribution is 2.39. The number of hydrogen-bond acceptors (Lipinski definition) is 4. The number of nitrogens with one attached hydrogen (secondary N) is 2. The number of nitrogens with zero attached hydrogens (tertiary/aromatic N) is 3. The number of rotatable bonds is 4. The van der Waals surface area contributed by atoms with Crippen molar-refractivity contribution in [1.29, 1.82) is 0 Å². The molecule has 0 radical (unpaired) electrons. The third-order valence-electron chi connectivity index (χ3n) is 6.08. The SMILES string of the molecule is CN1C(=O)N(CC(=O)Nc2cccc(N3CCNC3=O)c2)C(=O)C12CCCCC2. The number of benzene rings is 1. The zero-order valence-electron chi connectivity index (χ0n) is 16.4. The van der Waals surface area contributed by atoms with Gasteiger partial charge in [-0.15, -0.1) is 0 Å². The summed E-state index contributed by atoms with van der Waals surface area (Å²) in [5.74, 6) is -0.724. The maximum Gasteiger partial charge on any atom is 0.327 e. The van der Waals surface area contributed by atoms with Crippen LogP contribution in [0.25, 0.3) is 0 Å². The van der Waals surface area contributed by atoms with E-state index < -0.39 is 17.5 Å². The van der Waals surface area contributed by atoms with Crippen LogP contribution >= 0.6 is 0 Å². The van der Waals surface area contributed by atoms with Crippen molar-refractivity contribution in [1.82, 2.24) is 15.1 Å². The van der Waals surface area contributed by atoms with Gasteiger partial charge in [-0.3, -0.25) is 19.4 Å². The molecule has 4 rings (SSSR count). The predicted octanol–water partition coefficient (Wildman–Crippen LogP) is 1.75. The van der Waals surface area contributed by atoms with Crippen LogP contribution < -0.4 is 15.5 Å². The molecule has 1 aromatic rings. The Hall–Kier alpha value is -3.10. The average Bonchev–Trinajstić information content (AvgIpc) is 3.22. The summed E-state index contributed by atoms with van der Waals surface area (Å²) in [6, 6.07) is 6.34. The standard InChI is InChI=1S/C20H25N5O4/c1-23-19(29)25(17(27)20(23)8-3-2-4-9-20)13-16(26)22-14-6-5-7-15(12-14)24-11-10-21-18(24)28/h5-7,12H,2-4,8-11,13H2,1H3,(H,21,28)(H,22,26). The van der Waals surface area contributed by atoms with E-state index in [4.69, 9.17) is 0 Å². The van der Waals surface area contributed by atoms with Gasteiger partial charge in [0.15, 0.2) is 0 Å². The molecule has 9 nitrogen and oxygen atoms in total. The van der Waals surface area contributed by atoms with Gasteiger partial charge in [-0.25, -0.2) is 9.59 Å². The number of amides is 6. The summed E-state index contributed by atoms with van der Waals surface area (Å²) in [6.07, 6.45) is 4.15. The van der Waals surface area contributed by atoms with Crippen LogP contribution in [0.2, 0.25) is 0 Å². The molecular formula is C20H25N5O4. The summed E-state index contributed by atoms with van der Waals surface area (Å²) in [4.78, 5) is 54.2. The molecule has 29 heavy (non-hydrogen) atoms. The first-order chi connectivity index (χ1) is 13.9.